The quantitative estimate of drug-likeness (QED) is 0.298. The largest absolute Gasteiger partial charge is 0.573 e. The fourth-order valence-electron chi connectivity index (χ4n) is 5.29. The molecule has 1 aliphatic rings. The molecule has 35 heavy (non-hydrogen) atoms. The van der Waals surface area contributed by atoms with Gasteiger partial charge in [0.05, 0.1) is 0 Å². The second kappa shape index (κ2) is 10.5. The van der Waals surface area contributed by atoms with Crippen molar-refractivity contribution >= 4 is 10.8 Å². The van der Waals surface area contributed by atoms with Gasteiger partial charge in [-0.1, -0.05) is 44.0 Å². The van der Waals surface area contributed by atoms with E-state index in [2.05, 4.69) is 11.7 Å². The normalized spacial score (nSPS) is 18.7. The summed E-state index contributed by atoms with van der Waals surface area (Å²) < 4.78 is 85.2. The molecule has 0 amide bonds. The minimum atomic E-state index is -4.98. The zero-order valence-corrected chi connectivity index (χ0v) is 19.5. The van der Waals surface area contributed by atoms with E-state index in [1.54, 1.807) is 12.1 Å². The first-order valence-corrected chi connectivity index (χ1v) is 12.1. The number of halogens is 6. The van der Waals surface area contributed by atoms with Crippen molar-refractivity contribution in [3.63, 3.8) is 0 Å². The molecule has 0 aliphatic heterocycles. The zero-order chi connectivity index (χ0) is 25.2. The van der Waals surface area contributed by atoms with Crippen LogP contribution < -0.4 is 4.74 Å². The van der Waals surface area contributed by atoms with E-state index in [1.807, 2.05) is 0 Å². The van der Waals surface area contributed by atoms with Crippen LogP contribution in [0.1, 0.15) is 68.1 Å². The summed E-state index contributed by atoms with van der Waals surface area (Å²) in [6.07, 6.45) is 1.76. The predicted molar refractivity (Wildman–Crippen MR) is 124 cm³/mol. The van der Waals surface area contributed by atoms with Gasteiger partial charge in [-0.2, -0.15) is 0 Å². The van der Waals surface area contributed by atoms with Gasteiger partial charge < -0.3 is 4.74 Å². The summed E-state index contributed by atoms with van der Waals surface area (Å²) in [4.78, 5) is 0. The van der Waals surface area contributed by atoms with Crippen LogP contribution in [0.2, 0.25) is 0 Å². The lowest BCUT2D eigenvalue weighted by atomic mass is 9.77. The minimum Gasteiger partial charge on any atom is -0.403 e. The van der Waals surface area contributed by atoms with Crippen LogP contribution in [0.5, 0.6) is 5.75 Å². The van der Waals surface area contributed by atoms with Gasteiger partial charge in [-0.25, -0.2) is 13.2 Å². The Hall–Kier alpha value is -2.70. The van der Waals surface area contributed by atoms with E-state index in [0.717, 1.165) is 43.7 Å². The molecule has 3 aromatic rings. The van der Waals surface area contributed by atoms with Gasteiger partial charge in [-0.3, -0.25) is 0 Å². The molecule has 0 atom stereocenters. The first-order valence-electron chi connectivity index (χ1n) is 12.1. The molecular formula is C28H28F6O. The highest BCUT2D eigenvalue weighted by Gasteiger charge is 2.32. The number of fused-ring (bicyclic) bond motifs is 1. The molecule has 3 aromatic carbocycles. The zero-order valence-electron chi connectivity index (χ0n) is 19.5. The number of aryl methyl sites for hydroxylation is 2. The molecule has 0 unspecified atom stereocenters. The highest BCUT2D eigenvalue weighted by Crippen LogP contribution is 2.40. The Bertz CT molecular complexity index is 1160. The fourth-order valence-corrected chi connectivity index (χ4v) is 5.29. The van der Waals surface area contributed by atoms with Crippen molar-refractivity contribution in [3.05, 3.63) is 76.6 Å². The molecule has 0 aromatic heterocycles. The van der Waals surface area contributed by atoms with Gasteiger partial charge in [0, 0.05) is 10.9 Å². The van der Waals surface area contributed by atoms with Gasteiger partial charge in [-0.05, 0) is 85.1 Å². The second-order valence-corrected chi connectivity index (χ2v) is 9.46. The number of hydrogen-bond acceptors (Lipinski definition) is 1. The van der Waals surface area contributed by atoms with E-state index in [9.17, 15) is 26.3 Å². The van der Waals surface area contributed by atoms with Crippen molar-refractivity contribution < 1.29 is 31.1 Å². The molecule has 1 fully saturated rings. The number of alkyl halides is 3. The minimum absolute atomic E-state index is 0.00518. The molecule has 7 heteroatoms. The molecule has 4 rings (SSSR count). The van der Waals surface area contributed by atoms with Gasteiger partial charge in [0.25, 0.3) is 0 Å². The molecule has 1 aliphatic carbocycles. The second-order valence-electron chi connectivity index (χ2n) is 9.46. The number of benzene rings is 3. The summed E-state index contributed by atoms with van der Waals surface area (Å²) in [5.74, 6) is -2.41. The van der Waals surface area contributed by atoms with Crippen LogP contribution in [0.3, 0.4) is 0 Å². The van der Waals surface area contributed by atoms with Crippen molar-refractivity contribution in [2.45, 2.75) is 70.6 Å². The Labute approximate surface area is 201 Å². The average molecular weight is 495 g/mol. The van der Waals surface area contributed by atoms with Gasteiger partial charge in [0.2, 0.25) is 0 Å². The van der Waals surface area contributed by atoms with Gasteiger partial charge in [-0.15, -0.1) is 13.2 Å². The maximum absolute atomic E-state index is 14.9. The van der Waals surface area contributed by atoms with Gasteiger partial charge >= 0.3 is 6.36 Å². The standard InChI is InChI=1S/C28H28F6O/c1-2-3-17-6-9-20(10-7-17)26-23(29)15-19(16-24(26)30)5-4-18-8-12-22-21(14-18)11-13-25(27(22)31)35-28(32,33)34/h8,11-17,20H,2-7,9-10H2,1H3. The van der Waals surface area contributed by atoms with Crippen LogP contribution in [0, 0.1) is 23.4 Å². The summed E-state index contributed by atoms with van der Waals surface area (Å²) >= 11 is 0. The summed E-state index contributed by atoms with van der Waals surface area (Å²) in [5, 5.41) is 0.423. The summed E-state index contributed by atoms with van der Waals surface area (Å²) in [6.45, 7) is 2.16. The van der Waals surface area contributed by atoms with Crippen molar-refractivity contribution in [1.29, 1.82) is 0 Å². The molecule has 0 bridgehead atoms. The van der Waals surface area contributed by atoms with Crippen LogP contribution in [-0.4, -0.2) is 6.36 Å². The van der Waals surface area contributed by atoms with Crippen LogP contribution >= 0.6 is 0 Å². The van der Waals surface area contributed by atoms with Crippen LogP contribution in [0.25, 0.3) is 10.8 Å². The lowest BCUT2D eigenvalue weighted by Gasteiger charge is -2.29. The maximum Gasteiger partial charge on any atom is 0.573 e. The van der Waals surface area contributed by atoms with E-state index in [0.29, 0.717) is 29.7 Å². The number of ether oxygens (including phenoxy) is 1. The number of hydrogen-bond donors (Lipinski definition) is 0. The molecular weight excluding hydrogens is 466 g/mol. The third-order valence-corrected chi connectivity index (χ3v) is 7.00. The molecule has 0 N–H and O–H groups in total. The van der Waals surface area contributed by atoms with Crippen LogP contribution in [0.15, 0.2) is 42.5 Å². The third kappa shape index (κ3) is 6.11. The highest BCUT2D eigenvalue weighted by molar-refractivity contribution is 5.85. The summed E-state index contributed by atoms with van der Waals surface area (Å²) in [5.41, 5.74) is 1.51. The number of rotatable bonds is 7. The van der Waals surface area contributed by atoms with E-state index >= 15 is 0 Å². The highest BCUT2D eigenvalue weighted by atomic mass is 19.4. The first-order chi connectivity index (χ1) is 16.6. The third-order valence-electron chi connectivity index (χ3n) is 7.00. The molecule has 1 saturated carbocycles. The summed E-state index contributed by atoms with van der Waals surface area (Å²) in [6, 6.07) is 9.74. The Kier molecular flexibility index (Phi) is 7.62. The molecule has 0 heterocycles. The molecule has 188 valence electrons. The van der Waals surface area contributed by atoms with E-state index in [4.69, 9.17) is 0 Å². The Balaban J connectivity index is 1.44. The van der Waals surface area contributed by atoms with Crippen molar-refractivity contribution in [1.82, 2.24) is 0 Å². The maximum atomic E-state index is 14.9. The van der Waals surface area contributed by atoms with E-state index in [-0.39, 0.29) is 16.9 Å². The Morgan fingerprint density at radius 3 is 2.11 bits per heavy atom. The fraction of sp³-hybridized carbons (Fsp3) is 0.429. The molecule has 0 saturated heterocycles. The lowest BCUT2D eigenvalue weighted by Crippen LogP contribution is -2.18. The average Bonchev–Trinajstić information content (AvgIpc) is 2.80. The topological polar surface area (TPSA) is 9.23 Å². The smallest absolute Gasteiger partial charge is 0.403 e. The monoisotopic (exact) mass is 494 g/mol. The predicted octanol–water partition coefficient (Wildman–Crippen LogP) is 9.01. The molecule has 0 radical (unpaired) electrons. The van der Waals surface area contributed by atoms with Crippen molar-refractivity contribution in [2.24, 2.45) is 5.92 Å². The molecule has 0 spiro atoms. The van der Waals surface area contributed by atoms with Crippen LogP contribution in [0.4, 0.5) is 26.3 Å². The summed E-state index contributed by atoms with van der Waals surface area (Å²) in [7, 11) is 0. The van der Waals surface area contributed by atoms with Gasteiger partial charge in [0.15, 0.2) is 11.6 Å². The van der Waals surface area contributed by atoms with E-state index < -0.39 is 29.6 Å². The lowest BCUT2D eigenvalue weighted by molar-refractivity contribution is -0.275. The first kappa shape index (κ1) is 25.4. The van der Waals surface area contributed by atoms with Crippen LogP contribution in [-0.2, 0) is 12.8 Å². The van der Waals surface area contributed by atoms with Gasteiger partial charge in [0.1, 0.15) is 11.6 Å². The Morgan fingerprint density at radius 2 is 1.49 bits per heavy atom. The Morgan fingerprint density at radius 1 is 0.829 bits per heavy atom. The van der Waals surface area contributed by atoms with Crippen molar-refractivity contribution in [2.75, 3.05) is 0 Å². The van der Waals surface area contributed by atoms with Crippen molar-refractivity contribution in [3.8, 4) is 5.75 Å². The molecule has 1 nitrogen and oxygen atoms in total. The van der Waals surface area contributed by atoms with E-state index in [1.165, 1.54) is 30.7 Å². The SMILES string of the molecule is CCCC1CCC(c2c(F)cc(CCc3ccc4c(F)c(OC(F)(F)F)ccc4c3)cc2F)CC1.